The molecule has 2 amide bonds. The molecule has 5 rings (SSSR count). The number of ether oxygens (including phenoxy) is 2. The van der Waals surface area contributed by atoms with Crippen LogP contribution in [0.5, 0.6) is 5.75 Å². The maximum atomic E-state index is 13.3. The third kappa shape index (κ3) is 4.34. The number of nitrogens with two attached hydrogens (primary N) is 4. The van der Waals surface area contributed by atoms with Crippen LogP contribution < -0.4 is 33.0 Å². The van der Waals surface area contributed by atoms with E-state index >= 15 is 0 Å². The van der Waals surface area contributed by atoms with Crippen molar-refractivity contribution in [2.75, 3.05) is 32.8 Å². The Morgan fingerprint density at radius 3 is 2.44 bits per heavy atom. The lowest BCUT2D eigenvalue weighted by molar-refractivity contribution is -0.138. The van der Waals surface area contributed by atoms with E-state index in [0.29, 0.717) is 23.5 Å². The Kier molecular flexibility index (Phi) is 6.45. The second kappa shape index (κ2) is 9.43. The minimum Gasteiger partial charge on any atom is -0.489 e. The fraction of sp³-hybridized carbons (Fsp3) is 0.440. The number of nitrogens with one attached hydrogen (secondary N) is 1. The molecule has 11 nitrogen and oxygen atoms in total. The van der Waals surface area contributed by atoms with Crippen molar-refractivity contribution in [3.63, 3.8) is 0 Å². The van der Waals surface area contributed by atoms with E-state index in [4.69, 9.17) is 32.4 Å². The lowest BCUT2D eigenvalue weighted by Gasteiger charge is -2.50. The van der Waals surface area contributed by atoms with E-state index in [0.717, 1.165) is 38.4 Å². The number of hydrogen-bond acceptors (Lipinski definition) is 9. The first kappa shape index (κ1) is 24.6. The Hall–Kier alpha value is -3.06. The predicted octanol–water partition coefficient (Wildman–Crippen LogP) is -1.22. The molecular weight excluding hydrogens is 462 g/mol. The van der Waals surface area contributed by atoms with Crippen LogP contribution in [-0.2, 0) is 29.2 Å². The van der Waals surface area contributed by atoms with Gasteiger partial charge in [0.2, 0.25) is 0 Å². The maximum Gasteiger partial charge on any atom is 0.262 e. The molecule has 3 aliphatic heterocycles. The zero-order valence-corrected chi connectivity index (χ0v) is 20.1. The fourth-order valence-electron chi connectivity index (χ4n) is 4.98. The standard InChI is InChI=1S/C25H33N7O4/c26-22-24(27,28)15-30-23(34)25(22,29)32-13-19-18(21(32)33)2-1-3-20(19)36-14-17-6-4-16(5-7-17)12-31-8-10-35-11-9-31/h1-7,22H,8-15,26-29H2,(H,30,34). The summed E-state index contributed by atoms with van der Waals surface area (Å²) in [4.78, 5) is 29.7. The molecule has 9 N–H and O–H groups in total. The van der Waals surface area contributed by atoms with Crippen molar-refractivity contribution >= 4 is 11.8 Å². The van der Waals surface area contributed by atoms with E-state index in [1.54, 1.807) is 18.2 Å². The van der Waals surface area contributed by atoms with Crippen LogP contribution in [0.25, 0.3) is 0 Å². The summed E-state index contributed by atoms with van der Waals surface area (Å²) in [6.07, 6.45) is 0. The zero-order valence-electron chi connectivity index (χ0n) is 20.1. The highest BCUT2D eigenvalue weighted by molar-refractivity contribution is 6.03. The third-order valence-corrected chi connectivity index (χ3v) is 7.27. The number of amides is 2. The number of benzene rings is 2. The minimum absolute atomic E-state index is 0.0411. The molecule has 2 fully saturated rings. The van der Waals surface area contributed by atoms with Gasteiger partial charge in [-0.2, -0.15) is 0 Å². The van der Waals surface area contributed by atoms with Gasteiger partial charge in [0.1, 0.15) is 18.0 Å². The maximum absolute atomic E-state index is 13.3. The van der Waals surface area contributed by atoms with Crippen molar-refractivity contribution in [2.24, 2.45) is 22.9 Å². The molecule has 0 spiro atoms. The molecule has 0 radical (unpaired) electrons. The number of fused-ring (bicyclic) bond motifs is 1. The Morgan fingerprint density at radius 1 is 1.03 bits per heavy atom. The van der Waals surface area contributed by atoms with Gasteiger partial charge < -0.3 is 36.9 Å². The quantitative estimate of drug-likeness (QED) is 0.308. The molecule has 0 aliphatic carbocycles. The first-order valence-corrected chi connectivity index (χ1v) is 12.1. The highest BCUT2D eigenvalue weighted by Gasteiger charge is 2.58. The van der Waals surface area contributed by atoms with E-state index in [1.165, 1.54) is 10.5 Å². The molecule has 0 bridgehead atoms. The van der Waals surface area contributed by atoms with Crippen LogP contribution in [0.4, 0.5) is 0 Å². The number of rotatable bonds is 6. The molecular formula is C25H33N7O4. The molecule has 2 aromatic rings. The largest absolute Gasteiger partial charge is 0.489 e. The number of carbonyl (C=O) groups is 2. The second-order valence-electron chi connectivity index (χ2n) is 9.77. The highest BCUT2D eigenvalue weighted by Crippen LogP contribution is 2.36. The molecule has 11 heteroatoms. The summed E-state index contributed by atoms with van der Waals surface area (Å²) in [7, 11) is 0. The monoisotopic (exact) mass is 495 g/mol. The molecule has 0 aromatic heterocycles. The summed E-state index contributed by atoms with van der Waals surface area (Å²) >= 11 is 0. The normalized spacial score (nSPS) is 26.0. The van der Waals surface area contributed by atoms with Crippen LogP contribution in [0.1, 0.15) is 27.0 Å². The van der Waals surface area contributed by atoms with Crippen molar-refractivity contribution in [3.8, 4) is 5.75 Å². The lowest BCUT2D eigenvalue weighted by Crippen LogP contribution is -2.87. The van der Waals surface area contributed by atoms with Crippen LogP contribution in [0.3, 0.4) is 0 Å². The van der Waals surface area contributed by atoms with E-state index < -0.39 is 29.2 Å². The average Bonchev–Trinajstić information content (AvgIpc) is 3.23. The van der Waals surface area contributed by atoms with Gasteiger partial charge in [-0.25, -0.2) is 0 Å². The van der Waals surface area contributed by atoms with Gasteiger partial charge in [-0.15, -0.1) is 0 Å². The molecule has 3 heterocycles. The van der Waals surface area contributed by atoms with Crippen LogP contribution in [0.15, 0.2) is 42.5 Å². The first-order valence-electron chi connectivity index (χ1n) is 12.1. The number of piperidine rings is 1. The number of morpholine rings is 1. The van der Waals surface area contributed by atoms with E-state index in [2.05, 4.69) is 22.3 Å². The lowest BCUT2D eigenvalue weighted by atomic mass is 9.84. The van der Waals surface area contributed by atoms with Crippen molar-refractivity contribution in [1.29, 1.82) is 0 Å². The topological polar surface area (TPSA) is 175 Å². The van der Waals surface area contributed by atoms with Crippen LogP contribution >= 0.6 is 0 Å². The zero-order chi connectivity index (χ0) is 25.5. The molecule has 36 heavy (non-hydrogen) atoms. The van der Waals surface area contributed by atoms with Gasteiger partial charge in [0.05, 0.1) is 32.3 Å². The number of hydrogen-bond donors (Lipinski definition) is 5. The molecule has 2 aromatic carbocycles. The molecule has 2 unspecified atom stereocenters. The summed E-state index contributed by atoms with van der Waals surface area (Å²) in [6.45, 7) is 4.64. The molecule has 0 saturated carbocycles. The summed E-state index contributed by atoms with van der Waals surface area (Å²) in [5, 5.41) is 2.58. The third-order valence-electron chi connectivity index (χ3n) is 7.27. The molecule has 192 valence electrons. The van der Waals surface area contributed by atoms with Crippen LogP contribution in [0, 0.1) is 0 Å². The second-order valence-corrected chi connectivity index (χ2v) is 9.77. The van der Waals surface area contributed by atoms with Crippen molar-refractivity contribution in [3.05, 3.63) is 64.7 Å². The SMILES string of the molecule is NC1C(N)(N)CNC(=O)C1(N)N1Cc2c(OCc3ccc(CN4CCOCC4)cc3)cccc2C1=O. The first-order chi connectivity index (χ1) is 17.2. The van der Waals surface area contributed by atoms with Gasteiger partial charge in [-0.05, 0) is 23.3 Å². The van der Waals surface area contributed by atoms with E-state index in [9.17, 15) is 9.59 Å². The fourth-order valence-corrected chi connectivity index (χ4v) is 4.98. The van der Waals surface area contributed by atoms with E-state index in [-0.39, 0.29) is 13.1 Å². The van der Waals surface area contributed by atoms with Gasteiger partial charge in [-0.1, -0.05) is 30.3 Å². The summed E-state index contributed by atoms with van der Waals surface area (Å²) in [5.41, 5.74) is 24.7. The highest BCUT2D eigenvalue weighted by atomic mass is 16.5. The van der Waals surface area contributed by atoms with Gasteiger partial charge in [0.15, 0.2) is 5.66 Å². The van der Waals surface area contributed by atoms with Gasteiger partial charge in [-0.3, -0.25) is 20.2 Å². The predicted molar refractivity (Wildman–Crippen MR) is 132 cm³/mol. The molecule has 3 aliphatic rings. The van der Waals surface area contributed by atoms with Crippen molar-refractivity contribution < 1.29 is 19.1 Å². The number of nitrogens with zero attached hydrogens (tertiary/aromatic N) is 2. The van der Waals surface area contributed by atoms with Crippen LogP contribution in [-0.4, -0.2) is 71.8 Å². The van der Waals surface area contributed by atoms with Gasteiger partial charge in [0, 0.05) is 30.8 Å². The summed E-state index contributed by atoms with van der Waals surface area (Å²) < 4.78 is 11.5. The van der Waals surface area contributed by atoms with Crippen molar-refractivity contribution in [2.45, 2.75) is 37.1 Å². The Balaban J connectivity index is 1.29. The van der Waals surface area contributed by atoms with Crippen LogP contribution in [0.2, 0.25) is 0 Å². The summed E-state index contributed by atoms with van der Waals surface area (Å²) in [6, 6.07) is 12.3. The summed E-state index contributed by atoms with van der Waals surface area (Å²) in [5.74, 6) is -0.475. The Bertz CT molecular complexity index is 1150. The van der Waals surface area contributed by atoms with E-state index in [1.807, 2.05) is 12.1 Å². The minimum atomic E-state index is -1.90. The molecule has 2 atom stereocenters. The number of carbonyl (C=O) groups excluding carboxylic acids is 2. The Labute approximate surface area is 209 Å². The Morgan fingerprint density at radius 2 is 1.72 bits per heavy atom. The van der Waals surface area contributed by atoms with Crippen molar-refractivity contribution in [1.82, 2.24) is 15.1 Å². The smallest absolute Gasteiger partial charge is 0.262 e. The average molecular weight is 496 g/mol. The molecule has 2 saturated heterocycles. The van der Waals surface area contributed by atoms with Gasteiger partial charge >= 0.3 is 0 Å². The van der Waals surface area contributed by atoms with Gasteiger partial charge in [0.25, 0.3) is 11.8 Å².